The van der Waals surface area contributed by atoms with Crippen LogP contribution in [0.1, 0.15) is 36.5 Å². The summed E-state index contributed by atoms with van der Waals surface area (Å²) in [5.74, 6) is -1.30. The van der Waals surface area contributed by atoms with Crippen molar-refractivity contribution >= 4 is 29.5 Å². The van der Waals surface area contributed by atoms with Crippen molar-refractivity contribution in [3.05, 3.63) is 29.8 Å². The number of rotatable bonds is 6. The highest BCUT2D eigenvalue weighted by molar-refractivity contribution is 6.10. The van der Waals surface area contributed by atoms with Gasteiger partial charge in [-0.05, 0) is 50.1 Å². The van der Waals surface area contributed by atoms with Crippen LogP contribution in [-0.2, 0) is 14.3 Å². The van der Waals surface area contributed by atoms with Gasteiger partial charge in [0.1, 0.15) is 12.1 Å². The first kappa shape index (κ1) is 20.8. The second-order valence-corrected chi connectivity index (χ2v) is 7.36. The normalized spacial score (nSPS) is 18.6. The zero-order valence-electron chi connectivity index (χ0n) is 16.7. The molecule has 0 atom stereocenters. The third-order valence-electron chi connectivity index (χ3n) is 5.39. The fourth-order valence-electron chi connectivity index (χ4n) is 3.78. The van der Waals surface area contributed by atoms with Gasteiger partial charge in [0, 0.05) is 18.8 Å². The second-order valence-electron chi connectivity index (χ2n) is 7.36. The first-order chi connectivity index (χ1) is 13.9. The lowest BCUT2D eigenvalue weighted by molar-refractivity contribution is -0.135. The predicted molar refractivity (Wildman–Crippen MR) is 105 cm³/mol. The molecule has 0 unspecified atom stereocenters. The summed E-state index contributed by atoms with van der Waals surface area (Å²) in [7, 11) is 1.29. The smallest absolute Gasteiger partial charge is 0.337 e. The fourth-order valence-corrected chi connectivity index (χ4v) is 3.78. The van der Waals surface area contributed by atoms with E-state index in [0.717, 1.165) is 31.0 Å². The Morgan fingerprint density at radius 3 is 2.41 bits per heavy atom. The Hall–Kier alpha value is -2.94. The minimum absolute atomic E-state index is 0.338. The zero-order chi connectivity index (χ0) is 21.0. The van der Waals surface area contributed by atoms with Gasteiger partial charge in [-0.25, -0.2) is 9.59 Å². The van der Waals surface area contributed by atoms with Crippen LogP contribution in [0.3, 0.4) is 0 Å². The summed E-state index contributed by atoms with van der Waals surface area (Å²) in [6.45, 7) is 4.21. The van der Waals surface area contributed by atoms with Gasteiger partial charge < -0.3 is 20.3 Å². The first-order valence-electron chi connectivity index (χ1n) is 9.73. The van der Waals surface area contributed by atoms with Crippen LogP contribution in [0.5, 0.6) is 0 Å². The Morgan fingerprint density at radius 1 is 1.17 bits per heavy atom. The summed E-state index contributed by atoms with van der Waals surface area (Å²) in [6.07, 6.45) is 2.13. The van der Waals surface area contributed by atoms with Crippen LogP contribution in [-0.4, -0.2) is 72.4 Å². The van der Waals surface area contributed by atoms with Crippen LogP contribution < -0.4 is 10.6 Å². The van der Waals surface area contributed by atoms with Crippen LogP contribution in [0, 0.1) is 0 Å². The number of urea groups is 1. The molecule has 2 aliphatic heterocycles. The standard InChI is InChI=1S/C20H26N4O5/c1-3-10-23-11-8-20(9-12-23)18(27)24(19(28)22-20)13-16(25)21-15-6-4-14(5-7-15)17(26)29-2/h4-7H,3,8-13H2,1-2H3,(H,21,25)(H,22,28). The van der Waals surface area contributed by atoms with Gasteiger partial charge in [0.2, 0.25) is 5.91 Å². The van der Waals surface area contributed by atoms with Gasteiger partial charge in [-0.1, -0.05) is 6.92 Å². The van der Waals surface area contributed by atoms with E-state index in [9.17, 15) is 19.2 Å². The highest BCUT2D eigenvalue weighted by Gasteiger charge is 2.52. The maximum Gasteiger partial charge on any atom is 0.337 e. The fraction of sp³-hybridized carbons (Fsp3) is 0.500. The summed E-state index contributed by atoms with van der Waals surface area (Å²) in [5, 5.41) is 5.44. The van der Waals surface area contributed by atoms with Gasteiger partial charge in [0.05, 0.1) is 12.7 Å². The summed E-state index contributed by atoms with van der Waals surface area (Å²) < 4.78 is 4.63. The number of carbonyl (C=O) groups is 4. The summed E-state index contributed by atoms with van der Waals surface area (Å²) >= 11 is 0. The van der Waals surface area contributed by atoms with Crippen LogP contribution >= 0.6 is 0 Å². The van der Waals surface area contributed by atoms with Gasteiger partial charge in [0.15, 0.2) is 0 Å². The Bertz CT molecular complexity index is 800. The number of nitrogens with one attached hydrogen (secondary N) is 2. The van der Waals surface area contributed by atoms with Crippen LogP contribution in [0.15, 0.2) is 24.3 Å². The molecule has 4 amide bonds. The summed E-state index contributed by atoms with van der Waals surface area (Å²) in [4.78, 5) is 52.3. The van der Waals surface area contributed by atoms with Crippen LogP contribution in [0.2, 0.25) is 0 Å². The summed E-state index contributed by atoms with van der Waals surface area (Å²) in [6, 6.07) is 5.62. The van der Waals surface area contributed by atoms with Gasteiger partial charge in [0.25, 0.3) is 5.91 Å². The van der Waals surface area contributed by atoms with E-state index in [0.29, 0.717) is 24.1 Å². The molecular formula is C20H26N4O5. The molecule has 156 valence electrons. The molecule has 0 aromatic heterocycles. The van der Waals surface area contributed by atoms with Crippen molar-refractivity contribution in [3.63, 3.8) is 0 Å². The minimum atomic E-state index is -0.899. The molecule has 0 aliphatic carbocycles. The zero-order valence-corrected chi connectivity index (χ0v) is 16.7. The molecule has 3 rings (SSSR count). The molecule has 0 saturated carbocycles. The third kappa shape index (κ3) is 4.40. The average Bonchev–Trinajstić information content (AvgIpc) is 2.94. The van der Waals surface area contributed by atoms with E-state index < -0.39 is 23.4 Å². The number of likely N-dealkylation sites (tertiary alicyclic amines) is 1. The molecule has 2 heterocycles. The number of amides is 4. The lowest BCUT2D eigenvalue weighted by Crippen LogP contribution is -2.55. The topological polar surface area (TPSA) is 108 Å². The Kier molecular flexibility index (Phi) is 6.17. The predicted octanol–water partition coefficient (Wildman–Crippen LogP) is 1.21. The van der Waals surface area contributed by atoms with E-state index in [1.165, 1.54) is 19.2 Å². The molecule has 9 heteroatoms. The Labute approximate surface area is 169 Å². The maximum atomic E-state index is 12.9. The van der Waals surface area contributed by atoms with E-state index >= 15 is 0 Å². The molecule has 2 aliphatic rings. The number of methoxy groups -OCH3 is 1. The molecule has 2 N–H and O–H groups in total. The second kappa shape index (κ2) is 8.60. The maximum absolute atomic E-state index is 12.9. The number of anilines is 1. The number of hydrogen-bond acceptors (Lipinski definition) is 6. The van der Waals surface area contributed by atoms with Crippen molar-refractivity contribution < 1.29 is 23.9 Å². The van der Waals surface area contributed by atoms with E-state index in [-0.39, 0.29) is 12.5 Å². The molecule has 2 fully saturated rings. The molecule has 0 radical (unpaired) electrons. The monoisotopic (exact) mass is 402 g/mol. The number of benzene rings is 1. The average molecular weight is 402 g/mol. The number of piperidine rings is 1. The van der Waals surface area contributed by atoms with Crippen molar-refractivity contribution in [2.24, 2.45) is 0 Å². The molecule has 9 nitrogen and oxygen atoms in total. The number of esters is 1. The van der Waals surface area contributed by atoms with Gasteiger partial charge in [-0.3, -0.25) is 14.5 Å². The van der Waals surface area contributed by atoms with E-state index in [4.69, 9.17) is 0 Å². The number of carbonyl (C=O) groups excluding carboxylic acids is 4. The number of nitrogens with zero attached hydrogens (tertiary/aromatic N) is 2. The number of ether oxygens (including phenoxy) is 1. The van der Waals surface area contributed by atoms with Crippen molar-refractivity contribution in [1.29, 1.82) is 0 Å². The Morgan fingerprint density at radius 2 is 1.83 bits per heavy atom. The molecular weight excluding hydrogens is 376 g/mol. The molecule has 1 aromatic rings. The highest BCUT2D eigenvalue weighted by atomic mass is 16.5. The van der Waals surface area contributed by atoms with Gasteiger partial charge in [-0.15, -0.1) is 0 Å². The third-order valence-corrected chi connectivity index (χ3v) is 5.39. The van der Waals surface area contributed by atoms with Gasteiger partial charge >= 0.3 is 12.0 Å². The van der Waals surface area contributed by atoms with Crippen molar-refractivity contribution in [2.45, 2.75) is 31.7 Å². The lowest BCUT2D eigenvalue weighted by atomic mass is 9.87. The first-order valence-corrected chi connectivity index (χ1v) is 9.73. The van der Waals surface area contributed by atoms with Crippen LogP contribution in [0.25, 0.3) is 0 Å². The van der Waals surface area contributed by atoms with Crippen molar-refractivity contribution in [2.75, 3.05) is 38.6 Å². The highest BCUT2D eigenvalue weighted by Crippen LogP contribution is 2.29. The number of hydrogen-bond donors (Lipinski definition) is 2. The van der Waals surface area contributed by atoms with E-state index in [1.807, 2.05) is 0 Å². The lowest BCUT2D eigenvalue weighted by Gasteiger charge is -2.37. The largest absolute Gasteiger partial charge is 0.465 e. The van der Waals surface area contributed by atoms with Crippen molar-refractivity contribution in [1.82, 2.24) is 15.1 Å². The Balaban J connectivity index is 1.58. The molecule has 29 heavy (non-hydrogen) atoms. The van der Waals surface area contributed by atoms with Crippen molar-refractivity contribution in [3.8, 4) is 0 Å². The molecule has 0 bridgehead atoms. The van der Waals surface area contributed by atoms with E-state index in [2.05, 4.69) is 27.2 Å². The molecule has 1 spiro atoms. The SMILES string of the molecule is CCCN1CCC2(CC1)NC(=O)N(CC(=O)Nc1ccc(C(=O)OC)cc1)C2=O. The minimum Gasteiger partial charge on any atom is -0.465 e. The molecule has 2 saturated heterocycles. The van der Waals surface area contributed by atoms with Gasteiger partial charge in [-0.2, -0.15) is 0 Å². The van der Waals surface area contributed by atoms with Crippen LogP contribution in [0.4, 0.5) is 10.5 Å². The summed E-state index contributed by atoms with van der Waals surface area (Å²) in [5.41, 5.74) is -0.0858. The number of imide groups is 1. The quantitative estimate of drug-likeness (QED) is 0.547. The molecule has 1 aromatic carbocycles. The van der Waals surface area contributed by atoms with E-state index in [1.54, 1.807) is 12.1 Å².